The zero-order valence-electron chi connectivity index (χ0n) is 12.2. The topological polar surface area (TPSA) is 98.5 Å². The molecule has 23 heavy (non-hydrogen) atoms. The highest BCUT2D eigenvalue weighted by Crippen LogP contribution is 2.10. The molecule has 0 saturated heterocycles. The van der Waals surface area contributed by atoms with Crippen LogP contribution in [0.4, 0.5) is 0 Å². The van der Waals surface area contributed by atoms with Crippen molar-refractivity contribution in [1.29, 1.82) is 0 Å². The van der Waals surface area contributed by atoms with Crippen molar-refractivity contribution in [3.8, 4) is 0 Å². The Labute approximate surface area is 137 Å². The van der Waals surface area contributed by atoms with E-state index >= 15 is 0 Å². The lowest BCUT2D eigenvalue weighted by atomic mass is 10.1. The molecular weight excluding hydrogens is 316 g/mol. The van der Waals surface area contributed by atoms with E-state index in [9.17, 15) is 14.4 Å². The maximum absolute atomic E-state index is 12.1. The van der Waals surface area contributed by atoms with Gasteiger partial charge >= 0.3 is 5.97 Å². The summed E-state index contributed by atoms with van der Waals surface area (Å²) in [5.74, 6) is -1.81. The number of primary amides is 1. The molecule has 1 aromatic carbocycles. The maximum atomic E-state index is 12.1. The van der Waals surface area contributed by atoms with Crippen molar-refractivity contribution in [1.82, 2.24) is 5.32 Å². The lowest BCUT2D eigenvalue weighted by Crippen LogP contribution is -2.44. The molecule has 0 unspecified atom stereocenters. The highest BCUT2D eigenvalue weighted by molar-refractivity contribution is 7.12. The van der Waals surface area contributed by atoms with Crippen LogP contribution < -0.4 is 11.1 Å². The molecule has 6 nitrogen and oxygen atoms in total. The number of nitrogens with two attached hydrogens (primary N) is 1. The van der Waals surface area contributed by atoms with Crippen molar-refractivity contribution < 1.29 is 19.1 Å². The van der Waals surface area contributed by atoms with E-state index in [1.54, 1.807) is 17.5 Å². The van der Waals surface area contributed by atoms with Crippen molar-refractivity contribution in [2.45, 2.75) is 12.5 Å². The second-order valence-corrected chi connectivity index (χ2v) is 5.71. The van der Waals surface area contributed by atoms with Crippen LogP contribution in [0.25, 0.3) is 0 Å². The molecule has 2 rings (SSSR count). The fourth-order valence-corrected chi connectivity index (χ4v) is 2.55. The summed E-state index contributed by atoms with van der Waals surface area (Å²) in [7, 11) is 0. The first kappa shape index (κ1) is 16.7. The van der Waals surface area contributed by atoms with E-state index in [0.717, 1.165) is 5.56 Å². The largest absolute Gasteiger partial charge is 0.454 e. The first-order valence-electron chi connectivity index (χ1n) is 6.89. The van der Waals surface area contributed by atoms with Crippen molar-refractivity contribution in [3.63, 3.8) is 0 Å². The molecule has 120 valence electrons. The third-order valence-corrected chi connectivity index (χ3v) is 3.84. The molecule has 1 heterocycles. The number of ether oxygens (including phenoxy) is 1. The molecule has 1 aromatic heterocycles. The normalized spacial score (nSPS) is 11.5. The minimum absolute atomic E-state index is 0.259. The third-order valence-electron chi connectivity index (χ3n) is 2.97. The molecule has 0 fully saturated rings. The molecule has 0 aliphatic rings. The molecule has 0 aliphatic carbocycles. The minimum atomic E-state index is -0.897. The summed E-state index contributed by atoms with van der Waals surface area (Å²) in [5, 5.41) is 4.41. The molecule has 2 aromatic rings. The molecule has 0 spiro atoms. The van der Waals surface area contributed by atoms with E-state index in [1.807, 2.05) is 30.3 Å². The van der Waals surface area contributed by atoms with Crippen LogP contribution in [0, 0.1) is 0 Å². The summed E-state index contributed by atoms with van der Waals surface area (Å²) in [4.78, 5) is 35.5. The Kier molecular flexibility index (Phi) is 5.87. The van der Waals surface area contributed by atoms with E-state index in [0.29, 0.717) is 4.88 Å². The van der Waals surface area contributed by atoms with Gasteiger partial charge in [-0.25, -0.2) is 4.79 Å². The highest BCUT2D eigenvalue weighted by Gasteiger charge is 2.24. The van der Waals surface area contributed by atoms with Crippen LogP contribution in [0.15, 0.2) is 47.8 Å². The lowest BCUT2D eigenvalue weighted by molar-refractivity contribution is -0.149. The van der Waals surface area contributed by atoms with Crippen LogP contribution in [-0.4, -0.2) is 30.4 Å². The van der Waals surface area contributed by atoms with Gasteiger partial charge in [-0.2, -0.15) is 0 Å². The van der Waals surface area contributed by atoms with Gasteiger partial charge in [0.1, 0.15) is 6.04 Å². The van der Waals surface area contributed by atoms with E-state index in [2.05, 4.69) is 5.32 Å². The first-order chi connectivity index (χ1) is 11.1. The third kappa shape index (κ3) is 5.23. The molecule has 7 heteroatoms. The van der Waals surface area contributed by atoms with Gasteiger partial charge in [-0.15, -0.1) is 11.3 Å². The van der Waals surface area contributed by atoms with Crippen LogP contribution in [0.2, 0.25) is 0 Å². The van der Waals surface area contributed by atoms with E-state index in [4.69, 9.17) is 10.5 Å². The van der Waals surface area contributed by atoms with Gasteiger partial charge < -0.3 is 15.8 Å². The summed E-state index contributed by atoms with van der Waals surface area (Å²) in [6.45, 7) is -0.515. The summed E-state index contributed by atoms with van der Waals surface area (Å²) in [6, 6.07) is 11.7. The average molecular weight is 332 g/mol. The SMILES string of the molecule is NC(=O)COC(=O)[C@H](Cc1ccccc1)NC(=O)c1cccs1. The number of carbonyl (C=O) groups is 3. The van der Waals surface area contributed by atoms with Gasteiger partial charge in [-0.3, -0.25) is 9.59 Å². The fraction of sp³-hybridized carbons (Fsp3) is 0.188. The number of rotatable bonds is 7. The second kappa shape index (κ2) is 8.09. The summed E-state index contributed by atoms with van der Waals surface area (Å²) >= 11 is 1.27. The zero-order chi connectivity index (χ0) is 16.7. The van der Waals surface area contributed by atoms with Crippen LogP contribution in [0.1, 0.15) is 15.2 Å². The number of hydrogen-bond donors (Lipinski definition) is 2. The summed E-state index contributed by atoms with van der Waals surface area (Å²) < 4.78 is 4.83. The lowest BCUT2D eigenvalue weighted by Gasteiger charge is -2.17. The van der Waals surface area contributed by atoms with E-state index < -0.39 is 24.5 Å². The number of benzene rings is 1. The Balaban J connectivity index is 2.08. The number of amides is 2. The quantitative estimate of drug-likeness (QED) is 0.742. The van der Waals surface area contributed by atoms with Crippen LogP contribution >= 0.6 is 11.3 Å². The van der Waals surface area contributed by atoms with Crippen molar-refractivity contribution in [3.05, 3.63) is 58.3 Å². The van der Waals surface area contributed by atoms with Gasteiger partial charge in [-0.1, -0.05) is 36.4 Å². The predicted molar refractivity (Wildman–Crippen MR) is 85.9 cm³/mol. The van der Waals surface area contributed by atoms with Crippen LogP contribution in [0.5, 0.6) is 0 Å². The van der Waals surface area contributed by atoms with Gasteiger partial charge in [-0.05, 0) is 17.0 Å². The van der Waals surface area contributed by atoms with Gasteiger partial charge in [0, 0.05) is 6.42 Å². The van der Waals surface area contributed by atoms with Crippen molar-refractivity contribution in [2.24, 2.45) is 5.73 Å². The Hall–Kier alpha value is -2.67. The molecule has 0 aliphatic heterocycles. The molecule has 3 N–H and O–H groups in total. The Morgan fingerprint density at radius 2 is 1.87 bits per heavy atom. The van der Waals surface area contributed by atoms with Crippen LogP contribution in [0.3, 0.4) is 0 Å². The number of nitrogens with one attached hydrogen (secondary N) is 1. The van der Waals surface area contributed by atoms with Crippen molar-refractivity contribution in [2.75, 3.05) is 6.61 Å². The maximum Gasteiger partial charge on any atom is 0.329 e. The van der Waals surface area contributed by atoms with E-state index in [1.165, 1.54) is 11.3 Å². The fourth-order valence-electron chi connectivity index (χ4n) is 1.92. The molecule has 0 radical (unpaired) electrons. The van der Waals surface area contributed by atoms with Gasteiger partial charge in [0.25, 0.3) is 11.8 Å². The number of hydrogen-bond acceptors (Lipinski definition) is 5. The molecule has 2 amide bonds. The smallest absolute Gasteiger partial charge is 0.329 e. The number of esters is 1. The molecular formula is C16H16N2O4S. The molecule has 1 atom stereocenters. The minimum Gasteiger partial charge on any atom is -0.454 e. The Bertz CT molecular complexity index is 671. The molecule has 0 bridgehead atoms. The summed E-state index contributed by atoms with van der Waals surface area (Å²) in [6.07, 6.45) is 0.259. The summed E-state index contributed by atoms with van der Waals surface area (Å²) in [5.41, 5.74) is 5.83. The number of thiophene rings is 1. The zero-order valence-corrected chi connectivity index (χ0v) is 13.0. The van der Waals surface area contributed by atoms with E-state index in [-0.39, 0.29) is 12.3 Å². The highest BCUT2D eigenvalue weighted by atomic mass is 32.1. The standard InChI is InChI=1S/C16H16N2O4S/c17-14(19)10-22-16(21)12(9-11-5-2-1-3-6-11)18-15(20)13-7-4-8-23-13/h1-8,12H,9-10H2,(H2,17,19)(H,18,20)/t12-/m0/s1. The average Bonchev–Trinajstić information content (AvgIpc) is 3.07. The number of carbonyl (C=O) groups excluding carboxylic acids is 3. The Morgan fingerprint density at radius 1 is 1.13 bits per heavy atom. The van der Waals surface area contributed by atoms with Gasteiger partial charge in [0.05, 0.1) is 4.88 Å². The predicted octanol–water partition coefficient (Wildman–Crippen LogP) is 1.12. The first-order valence-corrected chi connectivity index (χ1v) is 7.77. The van der Waals surface area contributed by atoms with Gasteiger partial charge in [0.15, 0.2) is 6.61 Å². The van der Waals surface area contributed by atoms with Crippen LogP contribution in [-0.2, 0) is 20.7 Å². The van der Waals surface area contributed by atoms with Gasteiger partial charge in [0.2, 0.25) is 0 Å². The monoisotopic (exact) mass is 332 g/mol. The second-order valence-electron chi connectivity index (χ2n) is 4.77. The molecule has 0 saturated carbocycles. The van der Waals surface area contributed by atoms with Crippen molar-refractivity contribution >= 4 is 29.1 Å². The Morgan fingerprint density at radius 3 is 2.48 bits per heavy atom.